The number of rotatable bonds is 4. The van der Waals surface area contributed by atoms with Crippen molar-refractivity contribution in [1.82, 2.24) is 0 Å². The van der Waals surface area contributed by atoms with Crippen molar-refractivity contribution >= 4 is 19.4 Å². The molecule has 0 saturated carbocycles. The van der Waals surface area contributed by atoms with Gasteiger partial charge >= 0.3 is 0 Å². The summed E-state index contributed by atoms with van der Waals surface area (Å²) in [5.41, 5.74) is 0. The molecule has 1 unspecified atom stereocenters. The van der Waals surface area contributed by atoms with E-state index in [1.54, 1.807) is 0 Å². The van der Waals surface area contributed by atoms with E-state index in [-0.39, 0.29) is 0 Å². The van der Waals surface area contributed by atoms with Crippen LogP contribution in [0.2, 0.25) is 0 Å². The van der Waals surface area contributed by atoms with E-state index in [0.29, 0.717) is 5.92 Å². The topological polar surface area (TPSA) is 9.23 Å². The number of hydrogen-bond donors (Lipinski definition) is 0. The Bertz CT molecular complexity index is 552. The second kappa shape index (κ2) is 6.77. The SMILES string of the molecule is CC1C=C(O[SiH](c2ccccc2)c2ccccc2)CCC1. The van der Waals surface area contributed by atoms with Gasteiger partial charge in [0.05, 0.1) is 5.76 Å². The zero-order chi connectivity index (χ0) is 14.5. The van der Waals surface area contributed by atoms with Crippen LogP contribution in [0, 0.1) is 5.92 Å². The summed E-state index contributed by atoms with van der Waals surface area (Å²) in [7, 11) is -1.62. The molecule has 0 fully saturated rings. The summed E-state index contributed by atoms with van der Waals surface area (Å²) in [6.45, 7) is 2.28. The molecule has 0 aliphatic heterocycles. The van der Waals surface area contributed by atoms with Crippen LogP contribution in [0.1, 0.15) is 26.2 Å². The maximum Gasteiger partial charge on any atom is 0.298 e. The van der Waals surface area contributed by atoms with Gasteiger partial charge in [-0.25, -0.2) is 0 Å². The Morgan fingerprint density at radius 1 is 0.905 bits per heavy atom. The zero-order valence-corrected chi connectivity index (χ0v) is 13.7. The third-order valence-electron chi connectivity index (χ3n) is 4.03. The van der Waals surface area contributed by atoms with Crippen LogP contribution in [-0.4, -0.2) is 9.04 Å². The maximum atomic E-state index is 6.53. The molecule has 0 radical (unpaired) electrons. The molecule has 0 aromatic heterocycles. The molecule has 0 N–H and O–H groups in total. The first-order valence-corrected chi connectivity index (χ1v) is 9.43. The minimum atomic E-state index is -1.62. The van der Waals surface area contributed by atoms with E-state index < -0.39 is 9.04 Å². The molecular formula is C19H22OSi. The van der Waals surface area contributed by atoms with Crippen molar-refractivity contribution in [1.29, 1.82) is 0 Å². The Balaban J connectivity index is 1.90. The Hall–Kier alpha value is -1.80. The van der Waals surface area contributed by atoms with E-state index >= 15 is 0 Å². The molecule has 0 amide bonds. The van der Waals surface area contributed by atoms with Crippen molar-refractivity contribution in [3.05, 3.63) is 72.5 Å². The highest BCUT2D eigenvalue weighted by Gasteiger charge is 2.21. The van der Waals surface area contributed by atoms with Crippen LogP contribution in [-0.2, 0) is 4.43 Å². The molecule has 21 heavy (non-hydrogen) atoms. The lowest BCUT2D eigenvalue weighted by Crippen LogP contribution is -2.44. The second-order valence-electron chi connectivity index (χ2n) is 5.82. The average molecular weight is 294 g/mol. The van der Waals surface area contributed by atoms with E-state index in [0.717, 1.165) is 6.42 Å². The van der Waals surface area contributed by atoms with Gasteiger partial charge in [-0.05, 0) is 35.2 Å². The van der Waals surface area contributed by atoms with Crippen LogP contribution in [0.15, 0.2) is 72.5 Å². The third-order valence-corrected chi connectivity index (χ3v) is 6.55. The number of benzene rings is 2. The Labute approximate surface area is 129 Å². The summed E-state index contributed by atoms with van der Waals surface area (Å²) in [6, 6.07) is 21.4. The summed E-state index contributed by atoms with van der Waals surface area (Å²) in [5.74, 6) is 1.85. The molecule has 2 heteroatoms. The van der Waals surface area contributed by atoms with Gasteiger partial charge in [0.1, 0.15) is 0 Å². The van der Waals surface area contributed by atoms with Crippen LogP contribution < -0.4 is 10.4 Å². The molecule has 2 aromatic rings. The third kappa shape index (κ3) is 3.64. The minimum absolute atomic E-state index is 0.648. The number of hydrogen-bond acceptors (Lipinski definition) is 1. The highest BCUT2D eigenvalue weighted by atomic mass is 28.3. The normalized spacial score (nSPS) is 18.4. The van der Waals surface area contributed by atoms with Crippen LogP contribution in [0.3, 0.4) is 0 Å². The summed E-state index contributed by atoms with van der Waals surface area (Å²) in [5, 5.41) is 2.70. The van der Waals surface area contributed by atoms with E-state index in [4.69, 9.17) is 4.43 Å². The summed E-state index contributed by atoms with van der Waals surface area (Å²) >= 11 is 0. The van der Waals surface area contributed by atoms with Crippen molar-refractivity contribution < 1.29 is 4.43 Å². The van der Waals surface area contributed by atoms with E-state index in [1.165, 1.54) is 29.0 Å². The molecular weight excluding hydrogens is 272 g/mol. The molecule has 0 spiro atoms. The van der Waals surface area contributed by atoms with Crippen LogP contribution in [0.25, 0.3) is 0 Å². The largest absolute Gasteiger partial charge is 0.541 e. The number of allylic oxidation sites excluding steroid dienone is 2. The van der Waals surface area contributed by atoms with Gasteiger partial charge < -0.3 is 4.43 Å². The molecule has 1 aliphatic carbocycles. The fourth-order valence-corrected chi connectivity index (χ4v) is 5.22. The summed E-state index contributed by atoms with van der Waals surface area (Å²) < 4.78 is 6.53. The predicted octanol–water partition coefficient (Wildman–Crippen LogP) is 3.25. The minimum Gasteiger partial charge on any atom is -0.541 e. The fourth-order valence-electron chi connectivity index (χ4n) is 2.92. The first-order valence-electron chi connectivity index (χ1n) is 7.80. The van der Waals surface area contributed by atoms with Gasteiger partial charge in [0, 0.05) is 6.42 Å². The first kappa shape index (κ1) is 14.1. The highest BCUT2D eigenvalue weighted by Crippen LogP contribution is 2.23. The molecule has 0 bridgehead atoms. The van der Waals surface area contributed by atoms with Gasteiger partial charge in [-0.1, -0.05) is 67.6 Å². The van der Waals surface area contributed by atoms with Gasteiger partial charge in [-0.15, -0.1) is 0 Å². The monoisotopic (exact) mass is 294 g/mol. The lowest BCUT2D eigenvalue weighted by Gasteiger charge is -2.24. The Kier molecular flexibility index (Phi) is 4.56. The quantitative estimate of drug-likeness (QED) is 0.787. The van der Waals surface area contributed by atoms with Crippen molar-refractivity contribution in [2.24, 2.45) is 5.92 Å². The van der Waals surface area contributed by atoms with Gasteiger partial charge in [-0.2, -0.15) is 0 Å². The lowest BCUT2D eigenvalue weighted by atomic mass is 9.97. The smallest absolute Gasteiger partial charge is 0.298 e. The molecule has 0 heterocycles. The highest BCUT2D eigenvalue weighted by molar-refractivity contribution is 6.80. The molecule has 0 saturated heterocycles. The van der Waals surface area contributed by atoms with E-state index in [2.05, 4.69) is 73.7 Å². The summed E-state index contributed by atoms with van der Waals surface area (Å²) in [4.78, 5) is 0. The standard InChI is InChI=1S/C19H22OSi/c1-16-9-8-10-17(15-16)20-21(18-11-4-2-5-12-18)19-13-6-3-7-14-19/h2-7,11-16,21H,8-10H2,1H3. The molecule has 108 valence electrons. The fraction of sp³-hybridized carbons (Fsp3) is 0.263. The lowest BCUT2D eigenvalue weighted by molar-refractivity contribution is 0.382. The first-order chi connectivity index (χ1) is 10.3. The second-order valence-corrected chi connectivity index (χ2v) is 8.15. The average Bonchev–Trinajstić information content (AvgIpc) is 2.54. The van der Waals surface area contributed by atoms with E-state index in [9.17, 15) is 0 Å². The predicted molar refractivity (Wildman–Crippen MR) is 91.5 cm³/mol. The van der Waals surface area contributed by atoms with Gasteiger partial charge in [0.25, 0.3) is 9.04 Å². The maximum absolute atomic E-state index is 6.53. The van der Waals surface area contributed by atoms with Crippen molar-refractivity contribution in [2.45, 2.75) is 26.2 Å². The van der Waals surface area contributed by atoms with Crippen LogP contribution >= 0.6 is 0 Å². The van der Waals surface area contributed by atoms with E-state index in [1.807, 2.05) is 0 Å². The molecule has 1 nitrogen and oxygen atoms in total. The van der Waals surface area contributed by atoms with Gasteiger partial charge in [0.15, 0.2) is 0 Å². The molecule has 2 aromatic carbocycles. The van der Waals surface area contributed by atoms with Crippen molar-refractivity contribution in [2.75, 3.05) is 0 Å². The molecule has 3 rings (SSSR count). The summed E-state index contributed by atoms with van der Waals surface area (Å²) in [6.07, 6.45) is 5.95. The Morgan fingerprint density at radius 2 is 1.48 bits per heavy atom. The van der Waals surface area contributed by atoms with Gasteiger partial charge in [-0.3, -0.25) is 0 Å². The van der Waals surface area contributed by atoms with Crippen molar-refractivity contribution in [3.8, 4) is 0 Å². The Morgan fingerprint density at radius 3 is 2.00 bits per heavy atom. The van der Waals surface area contributed by atoms with Crippen molar-refractivity contribution in [3.63, 3.8) is 0 Å². The van der Waals surface area contributed by atoms with Crippen LogP contribution in [0.5, 0.6) is 0 Å². The zero-order valence-electron chi connectivity index (χ0n) is 12.5. The van der Waals surface area contributed by atoms with Gasteiger partial charge in [0.2, 0.25) is 0 Å². The molecule has 1 aliphatic rings. The molecule has 1 atom stereocenters. The van der Waals surface area contributed by atoms with Crippen LogP contribution in [0.4, 0.5) is 0 Å².